The second-order valence-corrected chi connectivity index (χ2v) is 5.28. The Morgan fingerprint density at radius 3 is 2.53 bits per heavy atom. The van der Waals surface area contributed by atoms with E-state index in [0.717, 1.165) is 16.0 Å². The van der Waals surface area contributed by atoms with Gasteiger partial charge < -0.3 is 9.84 Å². The van der Waals surface area contributed by atoms with E-state index in [1.807, 2.05) is 19.9 Å². The van der Waals surface area contributed by atoms with Gasteiger partial charge in [0.15, 0.2) is 0 Å². The molecule has 0 aromatic heterocycles. The van der Waals surface area contributed by atoms with E-state index in [4.69, 9.17) is 9.84 Å². The van der Waals surface area contributed by atoms with E-state index >= 15 is 0 Å². The summed E-state index contributed by atoms with van der Waals surface area (Å²) in [6, 6.07) is 3.71. The van der Waals surface area contributed by atoms with Crippen LogP contribution in [-0.2, 0) is 9.53 Å². The Labute approximate surface area is 117 Å². The summed E-state index contributed by atoms with van der Waals surface area (Å²) in [6.45, 7) is 5.89. The van der Waals surface area contributed by atoms with Gasteiger partial charge in [0.25, 0.3) is 0 Å². The molecule has 104 valence electrons. The number of ether oxygens (including phenoxy) is 1. The molecule has 1 aromatic carbocycles. The molecule has 0 spiro atoms. The summed E-state index contributed by atoms with van der Waals surface area (Å²) in [6.07, 6.45) is 0.128. The van der Waals surface area contributed by atoms with Crippen LogP contribution >= 0.6 is 11.8 Å². The van der Waals surface area contributed by atoms with Gasteiger partial charge in [-0.1, -0.05) is 0 Å². The van der Waals surface area contributed by atoms with Crippen molar-refractivity contribution < 1.29 is 19.4 Å². The van der Waals surface area contributed by atoms with E-state index in [-0.39, 0.29) is 12.4 Å². The average Bonchev–Trinajstić information content (AvgIpc) is 2.32. The Hall–Kier alpha value is -1.49. The number of aliphatic carboxylic acids is 1. The maximum atomic E-state index is 11.7. The summed E-state index contributed by atoms with van der Waals surface area (Å²) in [5.74, 6) is -0.593. The standard InChI is InChI=1S/C14H18O4S/c1-4-18-14(17)11-7-10(3)12(8-9(11)2)19-6-5-13(15)16/h7-8H,4-6H2,1-3H3,(H,15,16). The van der Waals surface area contributed by atoms with Crippen molar-refractivity contribution in [2.24, 2.45) is 0 Å². The number of hydrogen-bond donors (Lipinski definition) is 1. The first-order valence-electron chi connectivity index (χ1n) is 6.08. The highest BCUT2D eigenvalue weighted by Crippen LogP contribution is 2.26. The maximum Gasteiger partial charge on any atom is 0.338 e. The van der Waals surface area contributed by atoms with Crippen LogP contribution in [0.5, 0.6) is 0 Å². The lowest BCUT2D eigenvalue weighted by Crippen LogP contribution is -2.07. The Morgan fingerprint density at radius 2 is 1.95 bits per heavy atom. The number of carbonyl (C=O) groups excluding carboxylic acids is 1. The number of carboxylic acid groups (broad SMARTS) is 1. The summed E-state index contributed by atoms with van der Waals surface area (Å²) >= 11 is 1.49. The number of thioether (sulfide) groups is 1. The molecule has 0 fully saturated rings. The molecule has 0 radical (unpaired) electrons. The molecule has 0 atom stereocenters. The van der Waals surface area contributed by atoms with Gasteiger partial charge in [0.05, 0.1) is 18.6 Å². The second kappa shape index (κ2) is 7.19. The van der Waals surface area contributed by atoms with Gasteiger partial charge in [-0.15, -0.1) is 11.8 Å². The highest BCUT2D eigenvalue weighted by atomic mass is 32.2. The molecule has 0 amide bonds. The molecular formula is C14H18O4S. The summed E-state index contributed by atoms with van der Waals surface area (Å²) in [5.41, 5.74) is 2.38. The molecular weight excluding hydrogens is 264 g/mol. The van der Waals surface area contributed by atoms with Crippen LogP contribution in [0.1, 0.15) is 34.8 Å². The van der Waals surface area contributed by atoms with E-state index in [2.05, 4.69) is 0 Å². The lowest BCUT2D eigenvalue weighted by Gasteiger charge is -2.11. The van der Waals surface area contributed by atoms with Crippen molar-refractivity contribution in [2.75, 3.05) is 12.4 Å². The number of aryl methyl sites for hydroxylation is 2. The van der Waals surface area contributed by atoms with E-state index < -0.39 is 5.97 Å². The van der Waals surface area contributed by atoms with Crippen LogP contribution in [0.25, 0.3) is 0 Å². The van der Waals surface area contributed by atoms with Gasteiger partial charge in [-0.3, -0.25) is 4.79 Å². The lowest BCUT2D eigenvalue weighted by molar-refractivity contribution is -0.136. The number of carboxylic acids is 1. The van der Waals surface area contributed by atoms with Crippen molar-refractivity contribution in [1.82, 2.24) is 0 Å². The summed E-state index contributed by atoms with van der Waals surface area (Å²) < 4.78 is 4.99. The molecule has 0 aliphatic carbocycles. The van der Waals surface area contributed by atoms with Crippen LogP contribution in [0.4, 0.5) is 0 Å². The fourth-order valence-electron chi connectivity index (χ4n) is 1.62. The maximum absolute atomic E-state index is 11.7. The molecule has 0 bridgehead atoms. The fraction of sp³-hybridized carbons (Fsp3) is 0.429. The summed E-state index contributed by atoms with van der Waals surface area (Å²) in [5, 5.41) is 8.62. The van der Waals surface area contributed by atoms with Gasteiger partial charge in [-0.05, 0) is 44.0 Å². The Bertz CT molecular complexity index is 483. The molecule has 0 saturated heterocycles. The predicted molar refractivity (Wildman–Crippen MR) is 74.8 cm³/mol. The van der Waals surface area contributed by atoms with Crippen LogP contribution in [0.3, 0.4) is 0 Å². The van der Waals surface area contributed by atoms with Crippen molar-refractivity contribution >= 4 is 23.7 Å². The van der Waals surface area contributed by atoms with Crippen molar-refractivity contribution in [1.29, 1.82) is 0 Å². The van der Waals surface area contributed by atoms with Crippen LogP contribution in [-0.4, -0.2) is 29.4 Å². The van der Waals surface area contributed by atoms with E-state index in [0.29, 0.717) is 17.9 Å². The van der Waals surface area contributed by atoms with E-state index in [1.165, 1.54) is 11.8 Å². The third kappa shape index (κ3) is 4.59. The number of benzene rings is 1. The first kappa shape index (κ1) is 15.6. The smallest absolute Gasteiger partial charge is 0.338 e. The monoisotopic (exact) mass is 282 g/mol. The van der Waals surface area contributed by atoms with Crippen LogP contribution < -0.4 is 0 Å². The van der Waals surface area contributed by atoms with Crippen molar-refractivity contribution in [3.05, 3.63) is 28.8 Å². The molecule has 1 N–H and O–H groups in total. The van der Waals surface area contributed by atoms with Gasteiger partial charge in [0.2, 0.25) is 0 Å². The van der Waals surface area contributed by atoms with Crippen molar-refractivity contribution in [3.63, 3.8) is 0 Å². The highest BCUT2D eigenvalue weighted by molar-refractivity contribution is 7.99. The average molecular weight is 282 g/mol. The van der Waals surface area contributed by atoms with Crippen molar-refractivity contribution in [3.8, 4) is 0 Å². The van der Waals surface area contributed by atoms with Gasteiger partial charge in [0.1, 0.15) is 0 Å². The number of carbonyl (C=O) groups is 2. The third-order valence-corrected chi connectivity index (χ3v) is 3.75. The molecule has 0 unspecified atom stereocenters. The second-order valence-electron chi connectivity index (χ2n) is 4.15. The molecule has 1 aromatic rings. The minimum atomic E-state index is -0.801. The summed E-state index contributed by atoms with van der Waals surface area (Å²) in [4.78, 5) is 23.2. The van der Waals surface area contributed by atoms with Gasteiger partial charge in [-0.2, -0.15) is 0 Å². The minimum absolute atomic E-state index is 0.128. The van der Waals surface area contributed by atoms with Gasteiger partial charge in [-0.25, -0.2) is 4.79 Å². The van der Waals surface area contributed by atoms with E-state index in [9.17, 15) is 9.59 Å². The quantitative estimate of drug-likeness (QED) is 0.642. The zero-order valence-electron chi connectivity index (χ0n) is 11.4. The predicted octanol–water partition coefficient (Wildman–Crippen LogP) is 3.05. The number of hydrogen-bond acceptors (Lipinski definition) is 4. The molecule has 0 aliphatic heterocycles. The van der Waals surface area contributed by atoms with Gasteiger partial charge in [0, 0.05) is 10.6 Å². The first-order chi connectivity index (χ1) is 8.95. The normalized spacial score (nSPS) is 10.3. The zero-order valence-corrected chi connectivity index (χ0v) is 12.2. The number of rotatable bonds is 6. The topological polar surface area (TPSA) is 63.6 Å². The van der Waals surface area contributed by atoms with Gasteiger partial charge >= 0.3 is 11.9 Å². The Balaban J connectivity index is 2.84. The highest BCUT2D eigenvalue weighted by Gasteiger charge is 2.13. The van der Waals surface area contributed by atoms with Crippen molar-refractivity contribution in [2.45, 2.75) is 32.1 Å². The molecule has 0 saturated carbocycles. The molecule has 5 heteroatoms. The fourth-order valence-corrected chi connectivity index (χ4v) is 2.67. The first-order valence-corrected chi connectivity index (χ1v) is 7.07. The Morgan fingerprint density at radius 1 is 1.26 bits per heavy atom. The van der Waals surface area contributed by atoms with Crippen LogP contribution in [0, 0.1) is 13.8 Å². The summed E-state index contributed by atoms with van der Waals surface area (Å²) in [7, 11) is 0. The molecule has 4 nitrogen and oxygen atoms in total. The molecule has 0 heterocycles. The molecule has 1 rings (SSSR count). The van der Waals surface area contributed by atoms with Crippen LogP contribution in [0.15, 0.2) is 17.0 Å². The molecule has 0 aliphatic rings. The molecule has 19 heavy (non-hydrogen) atoms. The minimum Gasteiger partial charge on any atom is -0.481 e. The number of esters is 1. The Kier molecular flexibility index (Phi) is 5.89. The van der Waals surface area contributed by atoms with Crippen LogP contribution in [0.2, 0.25) is 0 Å². The zero-order chi connectivity index (χ0) is 14.4. The SMILES string of the molecule is CCOC(=O)c1cc(C)c(SCCC(=O)O)cc1C. The van der Waals surface area contributed by atoms with E-state index in [1.54, 1.807) is 13.0 Å². The largest absolute Gasteiger partial charge is 0.481 e. The third-order valence-electron chi connectivity index (χ3n) is 2.59. The lowest BCUT2D eigenvalue weighted by atomic mass is 10.1.